The van der Waals surface area contributed by atoms with Crippen molar-refractivity contribution < 1.29 is 14.2 Å². The van der Waals surface area contributed by atoms with Gasteiger partial charge in [0.25, 0.3) is 0 Å². The van der Waals surface area contributed by atoms with Crippen LogP contribution in [0.1, 0.15) is 24.1 Å². The first-order valence-corrected chi connectivity index (χ1v) is 6.95. The first-order chi connectivity index (χ1) is 9.31. The molecule has 19 heavy (non-hydrogen) atoms. The maximum atomic E-state index is 6.14. The van der Waals surface area contributed by atoms with Crippen molar-refractivity contribution in [2.24, 2.45) is 0 Å². The highest BCUT2D eigenvalue weighted by Gasteiger charge is 2.36. The second-order valence-electron chi connectivity index (χ2n) is 5.14. The molecule has 4 nitrogen and oxygen atoms in total. The Kier molecular flexibility index (Phi) is 3.73. The van der Waals surface area contributed by atoms with E-state index in [9.17, 15) is 0 Å². The molecule has 1 fully saturated rings. The molecule has 1 heterocycles. The molecule has 0 aromatic heterocycles. The molecular weight excluding hydrogens is 242 g/mol. The fourth-order valence-corrected chi connectivity index (χ4v) is 2.84. The van der Waals surface area contributed by atoms with Gasteiger partial charge in [0, 0.05) is 6.42 Å². The molecular formula is C15H21NO3. The SMILES string of the molecule is CCNC1c2cc(OC)ccc2CC1OC1COC1. The predicted molar refractivity (Wildman–Crippen MR) is 72.6 cm³/mol. The Balaban J connectivity index is 1.80. The summed E-state index contributed by atoms with van der Waals surface area (Å²) < 4.78 is 16.7. The summed E-state index contributed by atoms with van der Waals surface area (Å²) in [4.78, 5) is 0. The highest BCUT2D eigenvalue weighted by atomic mass is 16.6. The third-order valence-corrected chi connectivity index (χ3v) is 3.88. The molecule has 4 heteroatoms. The van der Waals surface area contributed by atoms with Gasteiger partial charge in [-0.25, -0.2) is 0 Å². The van der Waals surface area contributed by atoms with Crippen LogP contribution in [0.2, 0.25) is 0 Å². The monoisotopic (exact) mass is 263 g/mol. The number of ether oxygens (including phenoxy) is 3. The van der Waals surface area contributed by atoms with E-state index in [1.807, 2.05) is 6.07 Å². The Morgan fingerprint density at radius 1 is 1.37 bits per heavy atom. The van der Waals surface area contributed by atoms with E-state index in [2.05, 4.69) is 24.4 Å². The lowest BCUT2D eigenvalue weighted by Gasteiger charge is -2.32. The van der Waals surface area contributed by atoms with Gasteiger partial charge in [-0.05, 0) is 29.8 Å². The lowest BCUT2D eigenvalue weighted by atomic mass is 10.1. The summed E-state index contributed by atoms with van der Waals surface area (Å²) in [5, 5.41) is 3.53. The summed E-state index contributed by atoms with van der Waals surface area (Å²) in [6.07, 6.45) is 1.44. The summed E-state index contributed by atoms with van der Waals surface area (Å²) in [5.74, 6) is 0.911. The van der Waals surface area contributed by atoms with Crippen LogP contribution >= 0.6 is 0 Å². The molecule has 1 N–H and O–H groups in total. The molecule has 0 amide bonds. The van der Waals surface area contributed by atoms with E-state index >= 15 is 0 Å². The predicted octanol–water partition coefficient (Wildman–Crippen LogP) is 1.69. The lowest BCUT2D eigenvalue weighted by Crippen LogP contribution is -2.42. The van der Waals surface area contributed by atoms with Gasteiger partial charge >= 0.3 is 0 Å². The van der Waals surface area contributed by atoms with Crippen LogP contribution in [0, 0.1) is 0 Å². The minimum Gasteiger partial charge on any atom is -0.497 e. The number of hydrogen-bond donors (Lipinski definition) is 1. The summed E-state index contributed by atoms with van der Waals surface area (Å²) in [5.41, 5.74) is 2.67. The lowest BCUT2D eigenvalue weighted by molar-refractivity contribution is -0.158. The molecule has 3 rings (SSSR count). The van der Waals surface area contributed by atoms with Gasteiger partial charge in [-0.3, -0.25) is 0 Å². The highest BCUT2D eigenvalue weighted by molar-refractivity contribution is 5.42. The fourth-order valence-electron chi connectivity index (χ4n) is 2.84. The van der Waals surface area contributed by atoms with Crippen LogP contribution in [0.15, 0.2) is 18.2 Å². The van der Waals surface area contributed by atoms with Crippen molar-refractivity contribution in [1.82, 2.24) is 5.32 Å². The van der Waals surface area contributed by atoms with Crippen LogP contribution in [0.4, 0.5) is 0 Å². The Morgan fingerprint density at radius 3 is 2.84 bits per heavy atom. The van der Waals surface area contributed by atoms with E-state index in [0.29, 0.717) is 0 Å². The Hall–Kier alpha value is -1.10. The van der Waals surface area contributed by atoms with E-state index in [0.717, 1.165) is 31.9 Å². The van der Waals surface area contributed by atoms with E-state index in [1.54, 1.807) is 7.11 Å². The van der Waals surface area contributed by atoms with Gasteiger partial charge in [0.05, 0.1) is 32.5 Å². The zero-order valence-electron chi connectivity index (χ0n) is 11.5. The van der Waals surface area contributed by atoms with Gasteiger partial charge in [-0.1, -0.05) is 13.0 Å². The number of hydrogen-bond acceptors (Lipinski definition) is 4. The number of methoxy groups -OCH3 is 1. The van der Waals surface area contributed by atoms with Crippen molar-refractivity contribution >= 4 is 0 Å². The van der Waals surface area contributed by atoms with E-state index in [4.69, 9.17) is 14.2 Å². The topological polar surface area (TPSA) is 39.7 Å². The Labute approximate surface area is 114 Å². The number of fused-ring (bicyclic) bond motifs is 1. The summed E-state index contributed by atoms with van der Waals surface area (Å²) in [6, 6.07) is 6.56. The van der Waals surface area contributed by atoms with Crippen molar-refractivity contribution in [2.75, 3.05) is 26.9 Å². The average molecular weight is 263 g/mol. The van der Waals surface area contributed by atoms with E-state index in [-0.39, 0.29) is 18.2 Å². The molecule has 0 spiro atoms. The maximum absolute atomic E-state index is 6.14. The van der Waals surface area contributed by atoms with Crippen LogP contribution < -0.4 is 10.1 Å². The van der Waals surface area contributed by atoms with E-state index < -0.39 is 0 Å². The second-order valence-corrected chi connectivity index (χ2v) is 5.14. The Morgan fingerprint density at radius 2 is 2.21 bits per heavy atom. The van der Waals surface area contributed by atoms with Crippen LogP contribution in [-0.4, -0.2) is 39.1 Å². The van der Waals surface area contributed by atoms with Gasteiger partial charge in [-0.2, -0.15) is 0 Å². The molecule has 2 atom stereocenters. The molecule has 2 aliphatic rings. The van der Waals surface area contributed by atoms with Crippen LogP contribution in [-0.2, 0) is 15.9 Å². The Bertz CT molecular complexity index is 445. The minimum absolute atomic E-state index is 0.205. The molecule has 1 aliphatic heterocycles. The third-order valence-electron chi connectivity index (χ3n) is 3.88. The molecule has 1 aromatic carbocycles. The maximum Gasteiger partial charge on any atom is 0.119 e. The highest BCUT2D eigenvalue weighted by Crippen LogP contribution is 2.36. The normalized spacial score (nSPS) is 26.0. The largest absolute Gasteiger partial charge is 0.497 e. The second kappa shape index (κ2) is 5.49. The molecule has 1 aromatic rings. The first kappa shape index (κ1) is 12.9. The summed E-state index contributed by atoms with van der Waals surface area (Å²) in [7, 11) is 1.71. The van der Waals surface area contributed by atoms with Gasteiger partial charge in [0.2, 0.25) is 0 Å². The third kappa shape index (κ3) is 2.48. The molecule has 1 saturated heterocycles. The number of likely N-dealkylation sites (N-methyl/N-ethyl adjacent to an activating group) is 1. The smallest absolute Gasteiger partial charge is 0.119 e. The van der Waals surface area contributed by atoms with Gasteiger partial charge in [0.15, 0.2) is 0 Å². The molecule has 104 valence electrons. The zero-order valence-corrected chi connectivity index (χ0v) is 11.5. The first-order valence-electron chi connectivity index (χ1n) is 6.95. The molecule has 1 aliphatic carbocycles. The van der Waals surface area contributed by atoms with Gasteiger partial charge < -0.3 is 19.5 Å². The number of nitrogens with one attached hydrogen (secondary N) is 1. The molecule has 2 unspecified atom stereocenters. The van der Waals surface area contributed by atoms with Crippen LogP contribution in [0.5, 0.6) is 5.75 Å². The molecule has 0 radical (unpaired) electrons. The fraction of sp³-hybridized carbons (Fsp3) is 0.600. The number of benzene rings is 1. The zero-order chi connectivity index (χ0) is 13.2. The van der Waals surface area contributed by atoms with Crippen molar-refractivity contribution in [3.05, 3.63) is 29.3 Å². The van der Waals surface area contributed by atoms with Crippen molar-refractivity contribution in [3.63, 3.8) is 0 Å². The van der Waals surface area contributed by atoms with E-state index in [1.165, 1.54) is 11.1 Å². The van der Waals surface area contributed by atoms with Crippen molar-refractivity contribution in [1.29, 1.82) is 0 Å². The van der Waals surface area contributed by atoms with Gasteiger partial charge in [-0.15, -0.1) is 0 Å². The number of rotatable bonds is 5. The molecule has 0 saturated carbocycles. The van der Waals surface area contributed by atoms with Crippen LogP contribution in [0.3, 0.4) is 0 Å². The van der Waals surface area contributed by atoms with Crippen molar-refractivity contribution in [3.8, 4) is 5.75 Å². The molecule has 0 bridgehead atoms. The average Bonchev–Trinajstić information content (AvgIpc) is 2.72. The minimum atomic E-state index is 0.205. The summed E-state index contributed by atoms with van der Waals surface area (Å²) in [6.45, 7) is 4.52. The quantitative estimate of drug-likeness (QED) is 0.877. The summed E-state index contributed by atoms with van der Waals surface area (Å²) >= 11 is 0. The van der Waals surface area contributed by atoms with Crippen molar-refractivity contribution in [2.45, 2.75) is 31.6 Å². The standard InChI is InChI=1S/C15H21NO3/c1-3-16-15-13-7-11(17-2)5-4-10(13)6-14(15)19-12-8-18-9-12/h4-5,7,12,14-16H,3,6,8-9H2,1-2H3. The van der Waals surface area contributed by atoms with Gasteiger partial charge in [0.1, 0.15) is 11.9 Å². The van der Waals surface area contributed by atoms with Crippen LogP contribution in [0.25, 0.3) is 0 Å².